The second-order valence-corrected chi connectivity index (χ2v) is 11.8. The Morgan fingerprint density at radius 2 is 1.54 bits per heavy atom. The van der Waals surface area contributed by atoms with Crippen LogP contribution in [0, 0.1) is 0 Å². The van der Waals surface area contributed by atoms with E-state index in [1.165, 1.54) is 4.90 Å². The van der Waals surface area contributed by atoms with E-state index in [-0.39, 0.29) is 18.5 Å². The maximum Gasteiger partial charge on any atom is 0.244 e. The van der Waals surface area contributed by atoms with E-state index in [0.29, 0.717) is 33.1 Å². The summed E-state index contributed by atoms with van der Waals surface area (Å²) in [5.41, 5.74) is 0.857. The average Bonchev–Trinajstić information content (AvgIpc) is 2.82. The van der Waals surface area contributed by atoms with Crippen LogP contribution in [0.4, 0.5) is 5.69 Å². The van der Waals surface area contributed by atoms with E-state index in [4.69, 9.17) is 23.2 Å². The van der Waals surface area contributed by atoms with Gasteiger partial charge in [0.2, 0.25) is 21.8 Å². The van der Waals surface area contributed by atoms with Gasteiger partial charge in [0, 0.05) is 33.6 Å². The van der Waals surface area contributed by atoms with Gasteiger partial charge in [0.05, 0.1) is 11.9 Å². The molecular weight excluding hydrogens is 533 g/mol. The molecule has 0 saturated carbocycles. The average molecular weight is 565 g/mol. The number of amides is 2. The maximum atomic E-state index is 13.9. The molecule has 0 fully saturated rings. The molecule has 7 nitrogen and oxygen atoms in total. The van der Waals surface area contributed by atoms with Gasteiger partial charge in [-0.1, -0.05) is 72.6 Å². The van der Waals surface area contributed by atoms with E-state index < -0.39 is 28.5 Å². The van der Waals surface area contributed by atoms with Gasteiger partial charge in [-0.3, -0.25) is 13.9 Å². The third-order valence-corrected chi connectivity index (χ3v) is 7.76. The summed E-state index contributed by atoms with van der Waals surface area (Å²) in [7, 11) is -3.87. The normalized spacial score (nSPS) is 12.4. The second-order valence-electron chi connectivity index (χ2n) is 9.08. The maximum absolute atomic E-state index is 13.9. The number of carbonyl (C=O) groups excluding carboxylic acids is 2. The fourth-order valence-electron chi connectivity index (χ4n) is 4.17. The van der Waals surface area contributed by atoms with Gasteiger partial charge in [0.25, 0.3) is 0 Å². The van der Waals surface area contributed by atoms with Gasteiger partial charge >= 0.3 is 0 Å². The van der Waals surface area contributed by atoms with Gasteiger partial charge in [-0.05, 0) is 43.9 Å². The molecule has 37 heavy (non-hydrogen) atoms. The Morgan fingerprint density at radius 3 is 2.14 bits per heavy atom. The summed E-state index contributed by atoms with van der Waals surface area (Å²) in [6.45, 7) is 4.88. The van der Waals surface area contributed by atoms with Crippen LogP contribution in [0.25, 0.3) is 10.8 Å². The van der Waals surface area contributed by atoms with Crippen LogP contribution in [0.15, 0.2) is 60.7 Å². The Labute approximate surface area is 228 Å². The van der Waals surface area contributed by atoms with Crippen molar-refractivity contribution in [2.45, 2.75) is 45.8 Å². The molecule has 0 aromatic heterocycles. The standard InChI is InChI=1S/C27H31Cl2N3O4S/c1-5-24(27(34)30-18(2)3)31(16-21-22(28)13-9-14-23(21)29)26(33)17-32(37(4,35)36)25-15-8-11-19-10-6-7-12-20(19)25/h6-15,18,24H,5,16-17H2,1-4H3,(H,30,34)/t24-/m1/s1. The number of sulfonamides is 1. The quantitative estimate of drug-likeness (QED) is 0.365. The van der Waals surface area contributed by atoms with Gasteiger partial charge < -0.3 is 10.2 Å². The number of hydrogen-bond donors (Lipinski definition) is 1. The monoisotopic (exact) mass is 563 g/mol. The van der Waals surface area contributed by atoms with E-state index in [1.54, 1.807) is 43.3 Å². The molecule has 0 aliphatic carbocycles. The molecule has 0 saturated heterocycles. The SMILES string of the molecule is CC[C@H](C(=O)NC(C)C)N(Cc1c(Cl)cccc1Cl)C(=O)CN(c1cccc2ccccc12)S(C)(=O)=O. The number of benzene rings is 3. The van der Waals surface area contributed by atoms with Crippen LogP contribution in [0.1, 0.15) is 32.8 Å². The van der Waals surface area contributed by atoms with Crippen molar-refractivity contribution in [3.8, 4) is 0 Å². The Bertz CT molecular complexity index is 1370. The lowest BCUT2D eigenvalue weighted by Crippen LogP contribution is -2.53. The van der Waals surface area contributed by atoms with Crippen molar-refractivity contribution in [2.75, 3.05) is 17.1 Å². The second kappa shape index (κ2) is 12.2. The summed E-state index contributed by atoms with van der Waals surface area (Å²) in [5, 5.41) is 5.07. The van der Waals surface area contributed by atoms with Gasteiger partial charge in [-0.15, -0.1) is 0 Å². The minimum atomic E-state index is -3.87. The number of rotatable bonds is 10. The molecule has 3 aromatic rings. The zero-order chi connectivity index (χ0) is 27.3. The highest BCUT2D eigenvalue weighted by Crippen LogP contribution is 2.30. The van der Waals surface area contributed by atoms with Crippen molar-refractivity contribution in [1.29, 1.82) is 0 Å². The third kappa shape index (κ3) is 6.94. The predicted molar refractivity (Wildman–Crippen MR) is 151 cm³/mol. The summed E-state index contributed by atoms with van der Waals surface area (Å²) in [6.07, 6.45) is 1.36. The van der Waals surface area contributed by atoms with Crippen LogP contribution in [0.2, 0.25) is 10.0 Å². The molecule has 2 amide bonds. The lowest BCUT2D eigenvalue weighted by atomic mass is 10.1. The molecule has 3 rings (SSSR count). The van der Waals surface area contributed by atoms with Crippen molar-refractivity contribution < 1.29 is 18.0 Å². The molecule has 198 valence electrons. The highest BCUT2D eigenvalue weighted by Gasteiger charge is 2.33. The Hall–Kier alpha value is -2.81. The largest absolute Gasteiger partial charge is 0.352 e. The molecule has 1 atom stereocenters. The lowest BCUT2D eigenvalue weighted by molar-refractivity contribution is -0.140. The zero-order valence-electron chi connectivity index (χ0n) is 21.2. The summed E-state index contributed by atoms with van der Waals surface area (Å²) in [6, 6.07) is 16.6. The van der Waals surface area contributed by atoms with Crippen LogP contribution in [-0.4, -0.2) is 50.0 Å². The zero-order valence-corrected chi connectivity index (χ0v) is 23.6. The Morgan fingerprint density at radius 1 is 0.946 bits per heavy atom. The third-order valence-electron chi connectivity index (χ3n) is 5.92. The van der Waals surface area contributed by atoms with Gasteiger partial charge in [-0.25, -0.2) is 8.42 Å². The summed E-state index contributed by atoms with van der Waals surface area (Å²) >= 11 is 12.8. The fraction of sp³-hybridized carbons (Fsp3) is 0.333. The Balaban J connectivity index is 2.07. The summed E-state index contributed by atoms with van der Waals surface area (Å²) < 4.78 is 27.0. The fourth-order valence-corrected chi connectivity index (χ4v) is 5.55. The van der Waals surface area contributed by atoms with E-state index in [9.17, 15) is 18.0 Å². The molecule has 1 N–H and O–H groups in total. The van der Waals surface area contributed by atoms with Crippen molar-refractivity contribution >= 4 is 61.5 Å². The number of nitrogens with zero attached hydrogens (tertiary/aromatic N) is 2. The van der Waals surface area contributed by atoms with Crippen LogP contribution in [0.5, 0.6) is 0 Å². The number of carbonyl (C=O) groups is 2. The highest BCUT2D eigenvalue weighted by atomic mass is 35.5. The molecule has 0 heterocycles. The first kappa shape index (κ1) is 28.8. The molecule has 3 aromatic carbocycles. The molecule has 0 spiro atoms. The molecule has 0 unspecified atom stereocenters. The van der Waals surface area contributed by atoms with Crippen LogP contribution in [0.3, 0.4) is 0 Å². The summed E-state index contributed by atoms with van der Waals surface area (Å²) in [5.74, 6) is -0.898. The van der Waals surface area contributed by atoms with E-state index in [0.717, 1.165) is 15.9 Å². The molecule has 0 bridgehead atoms. The highest BCUT2D eigenvalue weighted by molar-refractivity contribution is 7.92. The van der Waals surface area contributed by atoms with Crippen LogP contribution in [-0.2, 0) is 26.2 Å². The van der Waals surface area contributed by atoms with Crippen molar-refractivity contribution in [2.24, 2.45) is 0 Å². The number of fused-ring (bicyclic) bond motifs is 1. The first-order valence-electron chi connectivity index (χ1n) is 11.9. The van der Waals surface area contributed by atoms with Crippen molar-refractivity contribution in [1.82, 2.24) is 10.2 Å². The van der Waals surface area contributed by atoms with E-state index >= 15 is 0 Å². The smallest absolute Gasteiger partial charge is 0.244 e. The molecule has 0 radical (unpaired) electrons. The lowest BCUT2D eigenvalue weighted by Gasteiger charge is -2.33. The summed E-state index contributed by atoms with van der Waals surface area (Å²) in [4.78, 5) is 28.4. The number of halogens is 2. The minimum Gasteiger partial charge on any atom is -0.352 e. The van der Waals surface area contributed by atoms with E-state index in [1.807, 2.05) is 38.1 Å². The first-order valence-corrected chi connectivity index (χ1v) is 14.5. The van der Waals surface area contributed by atoms with Gasteiger partial charge in [0.15, 0.2) is 0 Å². The van der Waals surface area contributed by atoms with Crippen molar-refractivity contribution in [3.63, 3.8) is 0 Å². The molecule has 10 heteroatoms. The molecule has 0 aliphatic rings. The van der Waals surface area contributed by atoms with Gasteiger partial charge in [-0.2, -0.15) is 0 Å². The number of anilines is 1. The topological polar surface area (TPSA) is 86.8 Å². The van der Waals surface area contributed by atoms with E-state index in [2.05, 4.69) is 5.32 Å². The molecular formula is C27H31Cl2N3O4S. The Kier molecular flexibility index (Phi) is 9.45. The molecule has 0 aliphatic heterocycles. The van der Waals surface area contributed by atoms with Crippen LogP contribution < -0.4 is 9.62 Å². The van der Waals surface area contributed by atoms with Crippen LogP contribution >= 0.6 is 23.2 Å². The first-order chi connectivity index (χ1) is 17.4. The number of nitrogens with one attached hydrogen (secondary N) is 1. The van der Waals surface area contributed by atoms with Gasteiger partial charge in [0.1, 0.15) is 12.6 Å². The minimum absolute atomic E-state index is 0.0610. The van der Waals surface area contributed by atoms with Crippen molar-refractivity contribution in [3.05, 3.63) is 76.3 Å². The predicted octanol–water partition coefficient (Wildman–Crippen LogP) is 5.24. The number of hydrogen-bond acceptors (Lipinski definition) is 4.